The first-order valence-electron chi connectivity index (χ1n) is 11.8. The van der Waals surface area contributed by atoms with Gasteiger partial charge < -0.3 is 19.4 Å². The Labute approximate surface area is 234 Å². The number of ether oxygens (including phenoxy) is 2. The van der Waals surface area contributed by atoms with Crippen molar-refractivity contribution >= 4 is 51.6 Å². The zero-order valence-electron chi connectivity index (χ0n) is 21.4. The van der Waals surface area contributed by atoms with Gasteiger partial charge in [-0.15, -0.1) is 21.5 Å². The van der Waals surface area contributed by atoms with Crippen LogP contribution in [-0.4, -0.2) is 39.5 Å². The number of thioether (sulfide) groups is 1. The molecule has 2 aromatic heterocycles. The van der Waals surface area contributed by atoms with Crippen molar-refractivity contribution in [3.63, 3.8) is 0 Å². The molecule has 0 aliphatic carbocycles. The lowest BCUT2D eigenvalue weighted by Crippen LogP contribution is -2.16. The second-order valence-electron chi connectivity index (χ2n) is 8.35. The zero-order chi connectivity index (χ0) is 27.2. The van der Waals surface area contributed by atoms with Crippen molar-refractivity contribution in [2.24, 2.45) is 7.05 Å². The van der Waals surface area contributed by atoms with Gasteiger partial charge in [0.1, 0.15) is 16.3 Å². The van der Waals surface area contributed by atoms with Crippen LogP contribution < -0.4 is 10.1 Å². The highest BCUT2D eigenvalue weighted by atomic mass is 35.5. The molecule has 8 nitrogen and oxygen atoms in total. The molecule has 1 amide bonds. The average Bonchev–Trinajstić information content (AvgIpc) is 3.51. The van der Waals surface area contributed by atoms with Crippen LogP contribution in [0.15, 0.2) is 59.1 Å². The quantitative estimate of drug-likeness (QED) is 0.174. The molecule has 198 valence electrons. The molecule has 0 aliphatic heterocycles. The van der Waals surface area contributed by atoms with E-state index in [-0.39, 0.29) is 17.8 Å². The third-order valence-electron chi connectivity index (χ3n) is 5.80. The molecular weight excluding hydrogens is 544 g/mol. The molecule has 0 aliphatic rings. The Morgan fingerprint density at radius 1 is 1.13 bits per heavy atom. The topological polar surface area (TPSA) is 95.3 Å². The molecule has 1 atom stereocenters. The Bertz CT molecular complexity index is 1420. The first-order valence-corrected chi connectivity index (χ1v) is 14.1. The van der Waals surface area contributed by atoms with Crippen LogP contribution in [0.4, 0.5) is 5.00 Å². The number of nitrogens with one attached hydrogen (secondary N) is 1. The van der Waals surface area contributed by atoms with Crippen molar-refractivity contribution in [1.29, 1.82) is 0 Å². The van der Waals surface area contributed by atoms with Crippen LogP contribution in [0.2, 0.25) is 5.02 Å². The molecule has 0 radical (unpaired) electrons. The molecule has 0 fully saturated rings. The third kappa shape index (κ3) is 6.38. The van der Waals surface area contributed by atoms with Gasteiger partial charge in [-0.3, -0.25) is 4.79 Å². The van der Waals surface area contributed by atoms with Gasteiger partial charge in [0.05, 0.1) is 12.9 Å². The van der Waals surface area contributed by atoms with Gasteiger partial charge in [-0.25, -0.2) is 4.79 Å². The molecule has 1 unspecified atom stereocenters. The first-order chi connectivity index (χ1) is 18.3. The number of carbonyl (C=O) groups excluding carboxylic acids is 2. The molecule has 0 spiro atoms. The average molecular weight is 571 g/mol. The number of aromatic nitrogens is 3. The summed E-state index contributed by atoms with van der Waals surface area (Å²) >= 11 is 8.50. The van der Waals surface area contributed by atoms with E-state index in [1.54, 1.807) is 12.1 Å². The van der Waals surface area contributed by atoms with E-state index in [1.165, 1.54) is 35.8 Å². The monoisotopic (exact) mass is 570 g/mol. The highest BCUT2D eigenvalue weighted by molar-refractivity contribution is 7.99. The lowest BCUT2D eigenvalue weighted by molar-refractivity contribution is -0.113. The van der Waals surface area contributed by atoms with Crippen LogP contribution in [0.25, 0.3) is 11.1 Å². The summed E-state index contributed by atoms with van der Waals surface area (Å²) < 4.78 is 12.8. The van der Waals surface area contributed by atoms with E-state index in [0.717, 1.165) is 17.7 Å². The zero-order valence-corrected chi connectivity index (χ0v) is 23.7. The van der Waals surface area contributed by atoms with E-state index < -0.39 is 5.97 Å². The Balaban J connectivity index is 1.41. The smallest absolute Gasteiger partial charge is 0.341 e. The Kier molecular flexibility index (Phi) is 9.09. The fourth-order valence-electron chi connectivity index (χ4n) is 3.76. The number of thiophene rings is 1. The number of hydrogen-bond acceptors (Lipinski definition) is 8. The SMILES string of the molecule is CCc1ccc(OC(C)c2nnc(SCC(=O)Nc3scc(-c4ccc(Cl)cc4)c3C(=O)OC)n2C)cc1. The van der Waals surface area contributed by atoms with Crippen molar-refractivity contribution in [2.45, 2.75) is 31.5 Å². The molecule has 2 aromatic carbocycles. The normalized spacial score (nSPS) is 11.7. The lowest BCUT2D eigenvalue weighted by atomic mass is 10.0. The number of esters is 1. The summed E-state index contributed by atoms with van der Waals surface area (Å²) in [5.74, 6) is 0.659. The van der Waals surface area contributed by atoms with Crippen LogP contribution in [0.3, 0.4) is 0 Å². The van der Waals surface area contributed by atoms with Gasteiger partial charge in [-0.1, -0.05) is 54.6 Å². The number of amides is 1. The summed E-state index contributed by atoms with van der Waals surface area (Å²) in [6, 6.07) is 15.1. The Morgan fingerprint density at radius 3 is 2.50 bits per heavy atom. The van der Waals surface area contributed by atoms with Gasteiger partial charge >= 0.3 is 5.97 Å². The number of nitrogens with zero attached hydrogens (tertiary/aromatic N) is 3. The molecule has 0 bridgehead atoms. The molecule has 0 saturated carbocycles. The fraction of sp³-hybridized carbons (Fsp3) is 0.259. The maximum Gasteiger partial charge on any atom is 0.341 e. The number of benzene rings is 2. The van der Waals surface area contributed by atoms with Gasteiger partial charge in [-0.05, 0) is 48.7 Å². The number of aryl methyl sites for hydroxylation is 1. The molecule has 11 heteroatoms. The Morgan fingerprint density at radius 2 is 1.84 bits per heavy atom. The number of hydrogen-bond donors (Lipinski definition) is 1. The summed E-state index contributed by atoms with van der Waals surface area (Å²) in [5.41, 5.74) is 3.00. The van der Waals surface area contributed by atoms with Crippen molar-refractivity contribution in [3.8, 4) is 16.9 Å². The number of anilines is 1. The van der Waals surface area contributed by atoms with Gasteiger partial charge in [0.15, 0.2) is 17.1 Å². The number of methoxy groups -OCH3 is 1. The van der Waals surface area contributed by atoms with Crippen LogP contribution >= 0.6 is 34.7 Å². The van der Waals surface area contributed by atoms with Gasteiger partial charge in [-0.2, -0.15) is 0 Å². The second kappa shape index (κ2) is 12.5. The van der Waals surface area contributed by atoms with Gasteiger partial charge in [0.25, 0.3) is 0 Å². The van der Waals surface area contributed by atoms with E-state index in [9.17, 15) is 9.59 Å². The molecule has 1 N–H and O–H groups in total. The molecule has 0 saturated heterocycles. The summed E-state index contributed by atoms with van der Waals surface area (Å²) in [4.78, 5) is 25.4. The van der Waals surface area contributed by atoms with E-state index >= 15 is 0 Å². The van der Waals surface area contributed by atoms with Crippen LogP contribution in [0.5, 0.6) is 5.75 Å². The minimum atomic E-state index is -0.532. The predicted molar refractivity (Wildman–Crippen MR) is 151 cm³/mol. The van der Waals surface area contributed by atoms with Crippen molar-refractivity contribution in [1.82, 2.24) is 14.8 Å². The van der Waals surface area contributed by atoms with Crippen molar-refractivity contribution in [3.05, 3.63) is 75.9 Å². The molecule has 2 heterocycles. The van der Waals surface area contributed by atoms with E-state index in [4.69, 9.17) is 21.1 Å². The molecular formula is C27H27ClN4O4S2. The summed E-state index contributed by atoms with van der Waals surface area (Å²) in [6.45, 7) is 4.01. The summed E-state index contributed by atoms with van der Waals surface area (Å²) in [5, 5.41) is 14.7. The van der Waals surface area contributed by atoms with Crippen molar-refractivity contribution in [2.75, 3.05) is 18.2 Å². The van der Waals surface area contributed by atoms with Crippen molar-refractivity contribution < 1.29 is 19.1 Å². The minimum Gasteiger partial charge on any atom is -0.483 e. The lowest BCUT2D eigenvalue weighted by Gasteiger charge is -2.14. The van der Waals surface area contributed by atoms with Gasteiger partial charge in [0, 0.05) is 23.0 Å². The van der Waals surface area contributed by atoms with E-state index in [0.29, 0.717) is 32.1 Å². The fourth-order valence-corrected chi connectivity index (χ4v) is 5.57. The highest BCUT2D eigenvalue weighted by Gasteiger charge is 2.23. The number of rotatable bonds is 10. The standard InChI is InChI=1S/C27H27ClN4O4S2/c1-5-17-6-12-20(13-7-17)36-16(2)24-30-31-27(32(24)3)38-15-22(33)29-25-23(26(34)35-4)21(14-37-25)18-8-10-19(28)11-9-18/h6-14,16H,5,15H2,1-4H3,(H,29,33). The first kappa shape index (κ1) is 27.7. The van der Waals surface area contributed by atoms with E-state index in [1.807, 2.05) is 60.3 Å². The molecule has 38 heavy (non-hydrogen) atoms. The maximum absolute atomic E-state index is 12.8. The number of halogens is 1. The third-order valence-corrected chi connectivity index (χ3v) is 7.97. The summed E-state index contributed by atoms with van der Waals surface area (Å²) in [6.07, 6.45) is 0.635. The minimum absolute atomic E-state index is 0.0779. The maximum atomic E-state index is 12.8. The largest absolute Gasteiger partial charge is 0.483 e. The molecule has 4 rings (SSSR count). The highest BCUT2D eigenvalue weighted by Crippen LogP contribution is 2.37. The van der Waals surface area contributed by atoms with Crippen LogP contribution in [0, 0.1) is 0 Å². The van der Waals surface area contributed by atoms with Crippen LogP contribution in [-0.2, 0) is 23.0 Å². The van der Waals surface area contributed by atoms with Crippen LogP contribution in [0.1, 0.15) is 41.7 Å². The Hall–Kier alpha value is -3.34. The second-order valence-corrected chi connectivity index (χ2v) is 10.6. The predicted octanol–water partition coefficient (Wildman–Crippen LogP) is 6.42. The van der Waals surface area contributed by atoms with Gasteiger partial charge in [0.2, 0.25) is 5.91 Å². The van der Waals surface area contributed by atoms with E-state index in [2.05, 4.69) is 22.4 Å². The summed E-state index contributed by atoms with van der Waals surface area (Å²) in [7, 11) is 3.15. The molecule has 4 aromatic rings. The number of carbonyl (C=O) groups is 2.